The van der Waals surface area contributed by atoms with Crippen LogP contribution in [0.3, 0.4) is 0 Å². The standard InChI is InChI=1S/C16H18N4O4S/c1-17-25(23,24)13-6-4-12(5-7-13)20-11-9-15(22)16(18-20)14(21)8-10-19(2)3/h4-11,17H,1-3H3. The number of hydrogen-bond donors (Lipinski definition) is 1. The maximum absolute atomic E-state index is 12.1. The third-order valence-electron chi connectivity index (χ3n) is 3.25. The number of aromatic nitrogens is 2. The molecule has 1 heterocycles. The summed E-state index contributed by atoms with van der Waals surface area (Å²) < 4.78 is 27.0. The third-order valence-corrected chi connectivity index (χ3v) is 4.68. The molecule has 0 aliphatic rings. The largest absolute Gasteiger partial charge is 0.383 e. The lowest BCUT2D eigenvalue weighted by molar-refractivity contribution is 0.103. The Morgan fingerprint density at radius 2 is 1.84 bits per heavy atom. The van der Waals surface area contributed by atoms with Gasteiger partial charge in [0.25, 0.3) is 0 Å². The fourth-order valence-corrected chi connectivity index (χ4v) is 2.64. The van der Waals surface area contributed by atoms with Crippen LogP contribution in [0.2, 0.25) is 0 Å². The smallest absolute Gasteiger partial charge is 0.240 e. The van der Waals surface area contributed by atoms with E-state index in [9.17, 15) is 18.0 Å². The Kier molecular flexibility index (Phi) is 5.50. The first-order valence-corrected chi connectivity index (χ1v) is 8.76. The van der Waals surface area contributed by atoms with Crippen LogP contribution in [0.25, 0.3) is 5.69 Å². The summed E-state index contributed by atoms with van der Waals surface area (Å²) in [6.07, 6.45) is 4.20. The summed E-state index contributed by atoms with van der Waals surface area (Å²) in [4.78, 5) is 25.8. The Labute approximate surface area is 145 Å². The zero-order valence-corrected chi connectivity index (χ0v) is 14.8. The number of allylic oxidation sites excluding steroid dienone is 1. The Hall–Kier alpha value is -2.78. The monoisotopic (exact) mass is 362 g/mol. The summed E-state index contributed by atoms with van der Waals surface area (Å²) >= 11 is 0. The number of sulfonamides is 1. The van der Waals surface area contributed by atoms with Crippen LogP contribution >= 0.6 is 0 Å². The SMILES string of the molecule is CNS(=O)(=O)c1ccc(-n2ccc(=O)c(C(=O)C=CN(C)C)n2)cc1. The van der Waals surface area contributed by atoms with Crippen LogP contribution in [-0.2, 0) is 10.0 Å². The second-order valence-electron chi connectivity index (χ2n) is 5.32. The van der Waals surface area contributed by atoms with Crippen molar-refractivity contribution in [1.29, 1.82) is 0 Å². The molecule has 0 bridgehead atoms. The van der Waals surface area contributed by atoms with Gasteiger partial charge in [-0.25, -0.2) is 17.8 Å². The van der Waals surface area contributed by atoms with Crippen molar-refractivity contribution in [2.24, 2.45) is 0 Å². The van der Waals surface area contributed by atoms with Crippen molar-refractivity contribution in [2.75, 3.05) is 21.1 Å². The van der Waals surface area contributed by atoms with Gasteiger partial charge in [-0.3, -0.25) is 9.59 Å². The minimum Gasteiger partial charge on any atom is -0.383 e. The van der Waals surface area contributed by atoms with Crippen molar-refractivity contribution in [1.82, 2.24) is 19.4 Å². The van der Waals surface area contributed by atoms with E-state index in [0.29, 0.717) is 5.69 Å². The van der Waals surface area contributed by atoms with Crippen LogP contribution < -0.4 is 10.2 Å². The zero-order chi connectivity index (χ0) is 18.6. The highest BCUT2D eigenvalue weighted by Gasteiger charge is 2.13. The molecule has 0 saturated carbocycles. The van der Waals surface area contributed by atoms with Crippen LogP contribution in [-0.4, -0.2) is 50.0 Å². The lowest BCUT2D eigenvalue weighted by atomic mass is 10.2. The summed E-state index contributed by atoms with van der Waals surface area (Å²) in [7, 11) is 1.29. The normalized spacial score (nSPS) is 11.6. The van der Waals surface area contributed by atoms with E-state index in [1.54, 1.807) is 19.0 Å². The first kappa shape index (κ1) is 18.6. The lowest BCUT2D eigenvalue weighted by Gasteiger charge is -2.08. The topological polar surface area (TPSA) is 101 Å². The van der Waals surface area contributed by atoms with Crippen molar-refractivity contribution in [3.63, 3.8) is 0 Å². The van der Waals surface area contributed by atoms with Gasteiger partial charge in [0.15, 0.2) is 5.69 Å². The Bertz CT molecular complexity index is 960. The van der Waals surface area contributed by atoms with Gasteiger partial charge in [0, 0.05) is 38.6 Å². The molecule has 1 aromatic carbocycles. The highest BCUT2D eigenvalue weighted by molar-refractivity contribution is 7.89. The quantitative estimate of drug-likeness (QED) is 0.590. The fourth-order valence-electron chi connectivity index (χ4n) is 1.91. The Morgan fingerprint density at radius 3 is 2.40 bits per heavy atom. The van der Waals surface area contributed by atoms with E-state index in [4.69, 9.17) is 0 Å². The molecular weight excluding hydrogens is 344 g/mol. The van der Waals surface area contributed by atoms with Gasteiger partial charge in [-0.15, -0.1) is 0 Å². The Morgan fingerprint density at radius 1 is 1.20 bits per heavy atom. The van der Waals surface area contributed by atoms with E-state index in [-0.39, 0.29) is 10.6 Å². The molecule has 8 nitrogen and oxygen atoms in total. The van der Waals surface area contributed by atoms with Gasteiger partial charge < -0.3 is 4.90 Å². The van der Waals surface area contributed by atoms with Gasteiger partial charge in [0.1, 0.15) is 0 Å². The summed E-state index contributed by atoms with van der Waals surface area (Å²) in [5.41, 5.74) is -0.188. The van der Waals surface area contributed by atoms with Crippen LogP contribution in [0.15, 0.2) is 58.5 Å². The molecule has 0 aliphatic carbocycles. The minimum absolute atomic E-state index is 0.102. The van der Waals surface area contributed by atoms with Crippen molar-refractivity contribution in [3.05, 3.63) is 64.7 Å². The van der Waals surface area contributed by atoms with Gasteiger partial charge in [-0.2, -0.15) is 5.10 Å². The van der Waals surface area contributed by atoms with Crippen molar-refractivity contribution in [2.45, 2.75) is 4.90 Å². The second kappa shape index (κ2) is 7.41. The molecule has 0 radical (unpaired) electrons. The molecule has 9 heteroatoms. The first-order valence-electron chi connectivity index (χ1n) is 7.27. The molecule has 1 N–H and O–H groups in total. The molecule has 1 aromatic heterocycles. The molecule has 0 saturated heterocycles. The van der Waals surface area contributed by atoms with Gasteiger partial charge in [0.05, 0.1) is 10.6 Å². The van der Waals surface area contributed by atoms with Gasteiger partial charge in [0.2, 0.25) is 21.2 Å². The van der Waals surface area contributed by atoms with Crippen molar-refractivity contribution < 1.29 is 13.2 Å². The maximum Gasteiger partial charge on any atom is 0.240 e. The van der Waals surface area contributed by atoms with E-state index in [1.165, 1.54) is 60.5 Å². The molecule has 132 valence electrons. The molecule has 2 aromatic rings. The summed E-state index contributed by atoms with van der Waals surface area (Å²) in [6.45, 7) is 0. The molecule has 0 fully saturated rings. The molecule has 0 spiro atoms. The van der Waals surface area contributed by atoms with E-state index in [1.807, 2.05) is 0 Å². The maximum atomic E-state index is 12.1. The van der Waals surface area contributed by atoms with E-state index in [0.717, 1.165) is 0 Å². The summed E-state index contributed by atoms with van der Waals surface area (Å²) in [5.74, 6) is -0.512. The van der Waals surface area contributed by atoms with Crippen molar-refractivity contribution in [3.8, 4) is 5.69 Å². The molecule has 0 amide bonds. The Balaban J connectivity index is 2.40. The minimum atomic E-state index is -3.54. The number of rotatable bonds is 6. The van der Waals surface area contributed by atoms with Gasteiger partial charge in [-0.05, 0) is 31.3 Å². The number of ketones is 1. The van der Waals surface area contributed by atoms with Crippen LogP contribution in [0.5, 0.6) is 0 Å². The van der Waals surface area contributed by atoms with E-state index >= 15 is 0 Å². The first-order chi connectivity index (χ1) is 11.7. The third kappa shape index (κ3) is 4.40. The average Bonchev–Trinajstić information content (AvgIpc) is 2.60. The molecule has 0 aliphatic heterocycles. The van der Waals surface area contributed by atoms with Crippen LogP contribution in [0, 0.1) is 0 Å². The predicted octanol–water partition coefficient (Wildman–Crippen LogP) is 0.399. The number of nitrogens with one attached hydrogen (secondary N) is 1. The number of nitrogens with zero attached hydrogens (tertiary/aromatic N) is 3. The van der Waals surface area contributed by atoms with E-state index < -0.39 is 21.2 Å². The number of carbonyl (C=O) groups excluding carboxylic acids is 1. The summed E-state index contributed by atoms with van der Waals surface area (Å²) in [6, 6.07) is 7.13. The van der Waals surface area contributed by atoms with Crippen molar-refractivity contribution >= 4 is 15.8 Å². The van der Waals surface area contributed by atoms with E-state index in [2.05, 4.69) is 9.82 Å². The zero-order valence-electron chi connectivity index (χ0n) is 14.0. The van der Waals surface area contributed by atoms with Gasteiger partial charge >= 0.3 is 0 Å². The molecule has 0 unspecified atom stereocenters. The van der Waals surface area contributed by atoms with Crippen LogP contribution in [0.4, 0.5) is 0 Å². The molecule has 0 atom stereocenters. The predicted molar refractivity (Wildman–Crippen MR) is 93.2 cm³/mol. The number of hydrogen-bond acceptors (Lipinski definition) is 6. The fraction of sp³-hybridized carbons (Fsp3) is 0.188. The second-order valence-corrected chi connectivity index (χ2v) is 7.20. The molecular formula is C16H18N4O4S. The summed E-state index contributed by atoms with van der Waals surface area (Å²) in [5, 5.41) is 4.05. The highest BCUT2D eigenvalue weighted by Crippen LogP contribution is 2.12. The molecule has 2 rings (SSSR count). The lowest BCUT2D eigenvalue weighted by Crippen LogP contribution is -2.20. The number of carbonyl (C=O) groups is 1. The number of benzene rings is 1. The highest BCUT2D eigenvalue weighted by atomic mass is 32.2. The molecule has 25 heavy (non-hydrogen) atoms. The van der Waals surface area contributed by atoms with Gasteiger partial charge in [-0.1, -0.05) is 0 Å². The van der Waals surface area contributed by atoms with Crippen LogP contribution in [0.1, 0.15) is 10.5 Å². The average molecular weight is 362 g/mol.